The van der Waals surface area contributed by atoms with Crippen LogP contribution >= 0.6 is 11.8 Å². The third-order valence-electron chi connectivity index (χ3n) is 2.20. The van der Waals surface area contributed by atoms with Crippen molar-refractivity contribution in [2.45, 2.75) is 11.8 Å². The monoisotopic (exact) mass is 272 g/mol. The lowest BCUT2D eigenvalue weighted by Crippen LogP contribution is -2.32. The van der Waals surface area contributed by atoms with E-state index in [9.17, 15) is 14.0 Å². The maximum absolute atomic E-state index is 13.4. The molecule has 0 aromatic heterocycles. The number of carbonyl (C=O) groups is 2. The lowest BCUT2D eigenvalue weighted by atomic mass is 10.1. The summed E-state index contributed by atoms with van der Waals surface area (Å²) in [4.78, 5) is 21.4. The van der Waals surface area contributed by atoms with E-state index in [1.807, 2.05) is 0 Å². The number of carbonyl (C=O) groups excluding carboxylic acids is 1. The third-order valence-corrected chi connectivity index (χ3v) is 3.31. The molecule has 0 aliphatic heterocycles. The Labute approximate surface area is 107 Å². The van der Waals surface area contributed by atoms with Gasteiger partial charge in [-0.25, -0.2) is 4.39 Å². The van der Waals surface area contributed by atoms with Crippen molar-refractivity contribution in [2.75, 3.05) is 5.75 Å². The molecule has 1 aromatic rings. The number of nitrogens with two attached hydrogens (primary N) is 2. The quantitative estimate of drug-likeness (QED) is 0.702. The van der Waals surface area contributed by atoms with Crippen LogP contribution in [0, 0.1) is 5.82 Å². The second kappa shape index (κ2) is 6.36. The van der Waals surface area contributed by atoms with Gasteiger partial charge in [-0.3, -0.25) is 9.59 Å². The van der Waals surface area contributed by atoms with Crippen LogP contribution in [0.2, 0.25) is 0 Å². The molecule has 0 bridgehead atoms. The van der Waals surface area contributed by atoms with Crippen LogP contribution in [0.15, 0.2) is 18.2 Å². The molecule has 98 valence electrons. The zero-order chi connectivity index (χ0) is 13.7. The Hall–Kier alpha value is -1.60. The van der Waals surface area contributed by atoms with Gasteiger partial charge in [0.2, 0.25) is 5.91 Å². The van der Waals surface area contributed by atoms with Gasteiger partial charge in [0.25, 0.3) is 0 Å². The van der Waals surface area contributed by atoms with Crippen molar-refractivity contribution >= 4 is 23.6 Å². The molecule has 0 saturated heterocycles. The summed E-state index contributed by atoms with van der Waals surface area (Å²) in [7, 11) is 0. The predicted octanol–water partition coefficient (Wildman–Crippen LogP) is 0.570. The van der Waals surface area contributed by atoms with Crippen molar-refractivity contribution in [1.82, 2.24) is 0 Å². The van der Waals surface area contributed by atoms with Crippen LogP contribution in [0.1, 0.15) is 15.9 Å². The second-order valence-electron chi connectivity index (χ2n) is 3.63. The van der Waals surface area contributed by atoms with Gasteiger partial charge in [-0.15, -0.1) is 0 Å². The Morgan fingerprint density at radius 2 is 2.11 bits per heavy atom. The van der Waals surface area contributed by atoms with Crippen molar-refractivity contribution in [3.63, 3.8) is 0 Å². The van der Waals surface area contributed by atoms with Crippen LogP contribution in [-0.4, -0.2) is 28.8 Å². The molecule has 7 heteroatoms. The van der Waals surface area contributed by atoms with E-state index in [0.717, 1.165) is 6.07 Å². The maximum Gasteiger partial charge on any atom is 0.321 e. The number of hydrogen-bond acceptors (Lipinski definition) is 4. The first-order valence-corrected chi connectivity index (χ1v) is 6.21. The molecule has 1 amide bonds. The molecule has 0 aliphatic carbocycles. The first-order chi connectivity index (χ1) is 8.41. The zero-order valence-corrected chi connectivity index (χ0v) is 10.2. The molecule has 0 aliphatic rings. The van der Waals surface area contributed by atoms with Crippen LogP contribution in [0.4, 0.5) is 4.39 Å². The number of primary amides is 1. The van der Waals surface area contributed by atoms with E-state index in [1.54, 1.807) is 0 Å². The SMILES string of the molecule is NC(=O)c1ccc(F)c(CSCC(N)C(=O)O)c1. The predicted molar refractivity (Wildman–Crippen MR) is 66.7 cm³/mol. The van der Waals surface area contributed by atoms with E-state index in [1.165, 1.54) is 23.9 Å². The van der Waals surface area contributed by atoms with Gasteiger partial charge in [0, 0.05) is 17.1 Å². The Morgan fingerprint density at radius 3 is 2.67 bits per heavy atom. The summed E-state index contributed by atoms with van der Waals surface area (Å²) in [5.41, 5.74) is 10.9. The van der Waals surface area contributed by atoms with Crippen molar-refractivity contribution in [3.05, 3.63) is 35.1 Å². The fourth-order valence-corrected chi connectivity index (χ4v) is 2.16. The van der Waals surface area contributed by atoms with Crippen LogP contribution < -0.4 is 11.5 Å². The van der Waals surface area contributed by atoms with Gasteiger partial charge in [-0.05, 0) is 23.8 Å². The molecular formula is C11H13FN2O3S. The summed E-state index contributed by atoms with van der Waals surface area (Å²) >= 11 is 1.18. The summed E-state index contributed by atoms with van der Waals surface area (Å²) in [5.74, 6) is -1.81. The smallest absolute Gasteiger partial charge is 0.321 e. The van der Waals surface area contributed by atoms with Crippen LogP contribution in [0.3, 0.4) is 0 Å². The molecule has 1 rings (SSSR count). The number of aliphatic carboxylic acids is 1. The maximum atomic E-state index is 13.4. The Kier molecular flexibility index (Phi) is 5.11. The fraction of sp³-hybridized carbons (Fsp3) is 0.273. The van der Waals surface area contributed by atoms with E-state index >= 15 is 0 Å². The highest BCUT2D eigenvalue weighted by molar-refractivity contribution is 7.98. The highest BCUT2D eigenvalue weighted by Gasteiger charge is 2.12. The summed E-state index contributed by atoms with van der Waals surface area (Å²) in [6.07, 6.45) is 0. The average molecular weight is 272 g/mol. The number of amides is 1. The summed E-state index contributed by atoms with van der Waals surface area (Å²) in [5, 5.41) is 8.58. The van der Waals surface area contributed by atoms with E-state index < -0.39 is 23.7 Å². The van der Waals surface area contributed by atoms with Gasteiger partial charge in [0.05, 0.1) is 0 Å². The molecule has 1 atom stereocenters. The van der Waals surface area contributed by atoms with Crippen molar-refractivity contribution in [3.8, 4) is 0 Å². The minimum atomic E-state index is -1.10. The topological polar surface area (TPSA) is 106 Å². The largest absolute Gasteiger partial charge is 0.480 e. The van der Waals surface area contributed by atoms with Crippen molar-refractivity contribution < 1.29 is 19.1 Å². The molecule has 0 spiro atoms. The van der Waals surface area contributed by atoms with Crippen molar-refractivity contribution in [1.29, 1.82) is 0 Å². The van der Waals surface area contributed by atoms with Crippen molar-refractivity contribution in [2.24, 2.45) is 11.5 Å². The molecule has 0 radical (unpaired) electrons. The molecular weight excluding hydrogens is 259 g/mol. The summed E-state index contributed by atoms with van der Waals surface area (Å²) in [6, 6.07) is 2.83. The molecule has 18 heavy (non-hydrogen) atoms. The summed E-state index contributed by atoms with van der Waals surface area (Å²) < 4.78 is 13.4. The molecule has 1 aromatic carbocycles. The normalized spacial score (nSPS) is 12.1. The van der Waals surface area contributed by atoms with Gasteiger partial charge in [0.15, 0.2) is 0 Å². The van der Waals surface area contributed by atoms with E-state index in [2.05, 4.69) is 0 Å². The molecule has 5 nitrogen and oxygen atoms in total. The lowest BCUT2D eigenvalue weighted by molar-refractivity contribution is -0.137. The van der Waals surface area contributed by atoms with E-state index in [4.69, 9.17) is 16.6 Å². The molecule has 0 heterocycles. The minimum absolute atomic E-state index is 0.162. The van der Waals surface area contributed by atoms with Gasteiger partial charge in [-0.2, -0.15) is 11.8 Å². The number of carboxylic acids is 1. The van der Waals surface area contributed by atoms with Gasteiger partial charge in [0.1, 0.15) is 11.9 Å². The highest BCUT2D eigenvalue weighted by atomic mass is 32.2. The lowest BCUT2D eigenvalue weighted by Gasteiger charge is -2.07. The molecule has 5 N–H and O–H groups in total. The number of thioether (sulfide) groups is 1. The van der Waals surface area contributed by atoms with Gasteiger partial charge < -0.3 is 16.6 Å². The molecule has 1 unspecified atom stereocenters. The average Bonchev–Trinajstić information content (AvgIpc) is 2.30. The molecule has 0 fully saturated rings. The van der Waals surface area contributed by atoms with Gasteiger partial charge >= 0.3 is 5.97 Å². The Balaban J connectivity index is 2.64. The molecule has 0 saturated carbocycles. The number of benzene rings is 1. The first kappa shape index (κ1) is 14.5. The van der Waals surface area contributed by atoms with Crippen LogP contribution in [-0.2, 0) is 10.5 Å². The second-order valence-corrected chi connectivity index (χ2v) is 4.66. The summed E-state index contributed by atoms with van der Waals surface area (Å²) in [6.45, 7) is 0. The van der Waals surface area contributed by atoms with Gasteiger partial charge in [-0.1, -0.05) is 0 Å². The van der Waals surface area contributed by atoms with E-state index in [0.29, 0.717) is 5.56 Å². The number of hydrogen-bond donors (Lipinski definition) is 3. The minimum Gasteiger partial charge on any atom is -0.480 e. The first-order valence-electron chi connectivity index (χ1n) is 5.06. The highest BCUT2D eigenvalue weighted by Crippen LogP contribution is 2.17. The van der Waals surface area contributed by atoms with E-state index in [-0.39, 0.29) is 17.1 Å². The zero-order valence-electron chi connectivity index (χ0n) is 9.43. The fourth-order valence-electron chi connectivity index (χ4n) is 1.21. The van der Waals surface area contributed by atoms with Crippen LogP contribution in [0.5, 0.6) is 0 Å². The number of rotatable bonds is 6. The third kappa shape index (κ3) is 4.01. The Morgan fingerprint density at radius 1 is 1.44 bits per heavy atom. The van der Waals surface area contributed by atoms with Crippen LogP contribution in [0.25, 0.3) is 0 Å². The number of carboxylic acid groups (broad SMARTS) is 1. The number of halogens is 1. The standard InChI is InChI=1S/C11H13FN2O3S/c12-8-2-1-6(10(14)15)3-7(8)4-18-5-9(13)11(16)17/h1-3,9H,4-5,13H2,(H2,14,15)(H,16,17). The Bertz CT molecular complexity index is 468.